The summed E-state index contributed by atoms with van der Waals surface area (Å²) in [6.07, 6.45) is 0. The minimum atomic E-state index is -0.853. The second-order valence-electron chi connectivity index (χ2n) is 8.25. The molecule has 0 aromatic heterocycles. The third-order valence-corrected chi connectivity index (χ3v) is 5.32. The van der Waals surface area contributed by atoms with Gasteiger partial charge in [0, 0.05) is 11.3 Å². The van der Waals surface area contributed by atoms with E-state index in [1.807, 2.05) is 20.8 Å². The summed E-state index contributed by atoms with van der Waals surface area (Å²) in [6.45, 7) is 6.05. The second kappa shape index (κ2) is 12.4. The number of amides is 2. The maximum absolute atomic E-state index is 12.8. The Morgan fingerprint density at radius 1 is 0.833 bits per heavy atom. The Bertz CT molecular complexity index is 1190. The number of carbonyl (C=O) groups excluding carboxylic acids is 3. The molecule has 3 rings (SSSR count). The van der Waals surface area contributed by atoms with Crippen molar-refractivity contribution in [2.75, 3.05) is 19.0 Å². The zero-order valence-electron chi connectivity index (χ0n) is 20.7. The van der Waals surface area contributed by atoms with Crippen LogP contribution in [-0.4, -0.2) is 37.5 Å². The highest BCUT2D eigenvalue weighted by atomic mass is 16.5. The first-order valence-electron chi connectivity index (χ1n) is 11.6. The van der Waals surface area contributed by atoms with Gasteiger partial charge in [-0.05, 0) is 73.5 Å². The van der Waals surface area contributed by atoms with Crippen molar-refractivity contribution < 1.29 is 28.6 Å². The minimum Gasteiger partial charge on any atom is -0.496 e. The molecule has 8 heteroatoms. The number of esters is 1. The van der Waals surface area contributed by atoms with Gasteiger partial charge in [0.05, 0.1) is 19.3 Å². The molecule has 1 atom stereocenters. The third-order valence-electron chi connectivity index (χ3n) is 5.32. The molecule has 3 aromatic carbocycles. The predicted octanol–water partition coefficient (Wildman–Crippen LogP) is 4.71. The number of benzene rings is 3. The lowest BCUT2D eigenvalue weighted by Gasteiger charge is -2.21. The lowest BCUT2D eigenvalue weighted by atomic mass is 10.0. The minimum absolute atomic E-state index is 0.205. The standard InChI is InChI=1S/C28H30N2O6/c1-5-35-21-14-10-19(11-15-21)26(31)30-25(18(2)3)28(33)36-22-16-12-20(13-17-22)29-27(32)23-8-6-7-9-24(23)34-4/h6-18,25H,5H2,1-4H3,(H,29,32)(H,30,31)/t25-/m0/s1. The van der Waals surface area contributed by atoms with Crippen LogP contribution in [0, 0.1) is 5.92 Å². The van der Waals surface area contributed by atoms with Crippen LogP contribution in [0.1, 0.15) is 41.5 Å². The fraction of sp³-hybridized carbons (Fsp3) is 0.250. The molecule has 0 bridgehead atoms. The van der Waals surface area contributed by atoms with Crippen LogP contribution in [0.5, 0.6) is 17.2 Å². The Labute approximate surface area is 210 Å². The van der Waals surface area contributed by atoms with Crippen molar-refractivity contribution in [3.63, 3.8) is 0 Å². The monoisotopic (exact) mass is 490 g/mol. The van der Waals surface area contributed by atoms with E-state index in [4.69, 9.17) is 14.2 Å². The van der Waals surface area contributed by atoms with Gasteiger partial charge in [-0.2, -0.15) is 0 Å². The smallest absolute Gasteiger partial charge is 0.334 e. The van der Waals surface area contributed by atoms with E-state index in [-0.39, 0.29) is 23.5 Å². The van der Waals surface area contributed by atoms with Crippen LogP contribution in [0.15, 0.2) is 72.8 Å². The van der Waals surface area contributed by atoms with Gasteiger partial charge < -0.3 is 24.8 Å². The molecule has 0 aliphatic carbocycles. The van der Waals surface area contributed by atoms with E-state index in [2.05, 4.69) is 10.6 Å². The van der Waals surface area contributed by atoms with Gasteiger partial charge in [-0.3, -0.25) is 9.59 Å². The lowest BCUT2D eigenvalue weighted by molar-refractivity contribution is -0.137. The summed E-state index contributed by atoms with van der Waals surface area (Å²) in [5.41, 5.74) is 1.33. The summed E-state index contributed by atoms with van der Waals surface area (Å²) in [4.78, 5) is 38.1. The molecule has 0 aliphatic rings. The topological polar surface area (TPSA) is 103 Å². The van der Waals surface area contributed by atoms with Crippen LogP contribution in [0.2, 0.25) is 0 Å². The van der Waals surface area contributed by atoms with E-state index in [9.17, 15) is 14.4 Å². The average molecular weight is 491 g/mol. The van der Waals surface area contributed by atoms with Crippen molar-refractivity contribution in [1.29, 1.82) is 0 Å². The van der Waals surface area contributed by atoms with E-state index >= 15 is 0 Å². The predicted molar refractivity (Wildman–Crippen MR) is 137 cm³/mol. The Hall–Kier alpha value is -4.33. The van der Waals surface area contributed by atoms with Crippen LogP contribution < -0.4 is 24.8 Å². The molecule has 0 spiro atoms. The normalized spacial score (nSPS) is 11.4. The molecule has 0 fully saturated rings. The number of ether oxygens (including phenoxy) is 3. The summed E-state index contributed by atoms with van der Waals surface area (Å²) in [5.74, 6) is -0.0870. The molecule has 0 radical (unpaired) electrons. The summed E-state index contributed by atoms with van der Waals surface area (Å²) in [7, 11) is 1.50. The van der Waals surface area contributed by atoms with Crippen LogP contribution in [0.25, 0.3) is 0 Å². The fourth-order valence-corrected chi connectivity index (χ4v) is 3.41. The largest absolute Gasteiger partial charge is 0.496 e. The molecule has 2 N–H and O–H groups in total. The zero-order chi connectivity index (χ0) is 26.1. The van der Waals surface area contributed by atoms with Crippen molar-refractivity contribution >= 4 is 23.5 Å². The van der Waals surface area contributed by atoms with E-state index in [0.717, 1.165) is 0 Å². The van der Waals surface area contributed by atoms with Crippen LogP contribution in [0.3, 0.4) is 0 Å². The zero-order valence-corrected chi connectivity index (χ0v) is 20.7. The molecule has 8 nitrogen and oxygen atoms in total. The molecule has 0 heterocycles. The van der Waals surface area contributed by atoms with Crippen molar-refractivity contribution in [2.24, 2.45) is 5.92 Å². The van der Waals surface area contributed by atoms with Gasteiger partial charge in [0.1, 0.15) is 23.3 Å². The van der Waals surface area contributed by atoms with Gasteiger partial charge in [-0.25, -0.2) is 4.79 Å². The highest BCUT2D eigenvalue weighted by Crippen LogP contribution is 2.21. The molecule has 0 unspecified atom stereocenters. The summed E-state index contributed by atoms with van der Waals surface area (Å²) in [6, 6.07) is 19.1. The van der Waals surface area contributed by atoms with E-state index < -0.39 is 12.0 Å². The summed E-state index contributed by atoms with van der Waals surface area (Å²) >= 11 is 0. The van der Waals surface area contributed by atoms with E-state index in [1.54, 1.807) is 72.8 Å². The summed E-state index contributed by atoms with van der Waals surface area (Å²) < 4.78 is 16.1. The fourth-order valence-electron chi connectivity index (χ4n) is 3.41. The number of methoxy groups -OCH3 is 1. The Morgan fingerprint density at radius 2 is 1.47 bits per heavy atom. The first kappa shape index (κ1) is 26.3. The van der Waals surface area contributed by atoms with Crippen molar-refractivity contribution in [3.8, 4) is 17.2 Å². The van der Waals surface area contributed by atoms with E-state index in [1.165, 1.54) is 7.11 Å². The van der Waals surface area contributed by atoms with Gasteiger partial charge >= 0.3 is 5.97 Å². The van der Waals surface area contributed by atoms with Gasteiger partial charge in [0.25, 0.3) is 11.8 Å². The molecule has 0 aliphatic heterocycles. The average Bonchev–Trinajstić information content (AvgIpc) is 2.88. The van der Waals surface area contributed by atoms with Crippen molar-refractivity contribution in [3.05, 3.63) is 83.9 Å². The van der Waals surface area contributed by atoms with Gasteiger partial charge in [-0.15, -0.1) is 0 Å². The molecule has 188 valence electrons. The van der Waals surface area contributed by atoms with Gasteiger partial charge in [-0.1, -0.05) is 26.0 Å². The highest BCUT2D eigenvalue weighted by molar-refractivity contribution is 6.06. The molecule has 0 saturated carbocycles. The second-order valence-corrected chi connectivity index (χ2v) is 8.25. The molecule has 3 aromatic rings. The lowest BCUT2D eigenvalue weighted by Crippen LogP contribution is -2.46. The van der Waals surface area contributed by atoms with E-state index in [0.29, 0.717) is 34.9 Å². The van der Waals surface area contributed by atoms with Gasteiger partial charge in [0.15, 0.2) is 0 Å². The van der Waals surface area contributed by atoms with Crippen LogP contribution >= 0.6 is 0 Å². The number of hydrogen-bond donors (Lipinski definition) is 2. The first-order valence-corrected chi connectivity index (χ1v) is 11.6. The number of hydrogen-bond acceptors (Lipinski definition) is 6. The molecular formula is C28H30N2O6. The van der Waals surface area contributed by atoms with Crippen LogP contribution in [-0.2, 0) is 4.79 Å². The number of carbonyl (C=O) groups is 3. The molecule has 0 saturated heterocycles. The van der Waals surface area contributed by atoms with Gasteiger partial charge in [0.2, 0.25) is 0 Å². The SMILES string of the molecule is CCOc1ccc(C(=O)N[C@H](C(=O)Oc2ccc(NC(=O)c3ccccc3OC)cc2)C(C)C)cc1. The molecular weight excluding hydrogens is 460 g/mol. The van der Waals surface area contributed by atoms with Crippen molar-refractivity contribution in [1.82, 2.24) is 5.32 Å². The van der Waals surface area contributed by atoms with Crippen LogP contribution in [0.4, 0.5) is 5.69 Å². The summed E-state index contributed by atoms with van der Waals surface area (Å²) in [5, 5.41) is 5.53. The number of rotatable bonds is 10. The Balaban J connectivity index is 1.62. The molecule has 2 amide bonds. The Morgan fingerprint density at radius 3 is 2.08 bits per heavy atom. The maximum atomic E-state index is 12.8. The Kier molecular flexibility index (Phi) is 9.05. The van der Waals surface area contributed by atoms with Crippen molar-refractivity contribution in [2.45, 2.75) is 26.8 Å². The number of para-hydroxylation sites is 1. The number of nitrogens with one attached hydrogen (secondary N) is 2. The number of anilines is 1. The quantitative estimate of drug-likeness (QED) is 0.315. The molecule has 36 heavy (non-hydrogen) atoms. The first-order chi connectivity index (χ1) is 17.3. The maximum Gasteiger partial charge on any atom is 0.334 e. The third kappa shape index (κ3) is 6.85. The highest BCUT2D eigenvalue weighted by Gasteiger charge is 2.27.